The van der Waals surface area contributed by atoms with E-state index in [4.69, 9.17) is 4.74 Å². The van der Waals surface area contributed by atoms with E-state index >= 15 is 0 Å². The lowest BCUT2D eigenvalue weighted by molar-refractivity contribution is -0.147. The van der Waals surface area contributed by atoms with Crippen molar-refractivity contribution in [3.05, 3.63) is 34.9 Å². The third-order valence-electron chi connectivity index (χ3n) is 5.81. The summed E-state index contributed by atoms with van der Waals surface area (Å²) in [6.45, 7) is 11.9. The number of alkyl carbamates (subject to hydrolysis) is 1. The maximum atomic E-state index is 13.9. The number of carbonyl (C=O) groups excluding carboxylic acids is 3. The molecule has 2 unspecified atom stereocenters. The Morgan fingerprint density at radius 3 is 2.24 bits per heavy atom. The predicted molar refractivity (Wildman–Crippen MR) is 138 cm³/mol. The fourth-order valence-corrected chi connectivity index (χ4v) is 4.34. The summed E-state index contributed by atoms with van der Waals surface area (Å²) in [7, 11) is 0. The topological polar surface area (TPSA) is 87.7 Å². The summed E-state index contributed by atoms with van der Waals surface area (Å²) in [5, 5.41) is 5.69. The standard InChI is InChI=1S/C26H41N3O4S/c1-7-8-12-27-23(30)22(19-14-17(2)13-18(3)15-19)29(20-10-9-11-20)24(31)21(16-34)28-25(32)33-26(4,5)6/h13-15,20-22,34H,7-12,16H2,1-6H3,(H,27,30)(H,28,32). The van der Waals surface area contributed by atoms with Crippen molar-refractivity contribution in [2.24, 2.45) is 0 Å². The van der Waals surface area contributed by atoms with Crippen LogP contribution in [-0.4, -0.2) is 52.8 Å². The van der Waals surface area contributed by atoms with Gasteiger partial charge in [0.15, 0.2) is 0 Å². The molecule has 2 N–H and O–H groups in total. The maximum Gasteiger partial charge on any atom is 0.408 e. The minimum absolute atomic E-state index is 0.0712. The first-order chi connectivity index (χ1) is 16.0. The van der Waals surface area contributed by atoms with Gasteiger partial charge in [-0.25, -0.2) is 4.79 Å². The molecule has 1 fully saturated rings. The van der Waals surface area contributed by atoms with Crippen LogP contribution in [0.2, 0.25) is 0 Å². The zero-order valence-electron chi connectivity index (χ0n) is 21.4. The molecule has 7 nitrogen and oxygen atoms in total. The summed E-state index contributed by atoms with van der Waals surface area (Å²) in [6.07, 6.45) is 3.78. The second kappa shape index (κ2) is 12.5. The zero-order chi connectivity index (χ0) is 25.5. The van der Waals surface area contributed by atoms with E-state index in [9.17, 15) is 14.4 Å². The third-order valence-corrected chi connectivity index (χ3v) is 6.18. The van der Waals surface area contributed by atoms with Crippen molar-refractivity contribution in [2.45, 2.75) is 97.4 Å². The Labute approximate surface area is 209 Å². The predicted octanol–water partition coefficient (Wildman–Crippen LogP) is 4.47. The van der Waals surface area contributed by atoms with Crippen LogP contribution in [-0.2, 0) is 14.3 Å². The quantitative estimate of drug-likeness (QED) is 0.333. The number of benzene rings is 1. The number of unbranched alkanes of at least 4 members (excludes halogenated alkanes) is 1. The molecular formula is C26H41N3O4S. The number of carbonyl (C=O) groups is 3. The van der Waals surface area contributed by atoms with Crippen LogP contribution in [0.25, 0.3) is 0 Å². The average molecular weight is 492 g/mol. The van der Waals surface area contributed by atoms with Crippen LogP contribution in [0, 0.1) is 13.8 Å². The molecule has 0 heterocycles. The molecule has 1 aromatic carbocycles. The van der Waals surface area contributed by atoms with Gasteiger partial charge in [-0.1, -0.05) is 42.7 Å². The molecule has 190 valence electrons. The first-order valence-electron chi connectivity index (χ1n) is 12.2. The highest BCUT2D eigenvalue weighted by atomic mass is 32.1. The smallest absolute Gasteiger partial charge is 0.408 e. The maximum absolute atomic E-state index is 13.9. The van der Waals surface area contributed by atoms with Gasteiger partial charge in [-0.15, -0.1) is 0 Å². The summed E-state index contributed by atoms with van der Waals surface area (Å²) in [5.41, 5.74) is 2.14. The average Bonchev–Trinajstić information content (AvgIpc) is 2.68. The lowest BCUT2D eigenvalue weighted by Crippen LogP contribution is -2.58. The van der Waals surface area contributed by atoms with Gasteiger partial charge < -0.3 is 20.3 Å². The van der Waals surface area contributed by atoms with Crippen LogP contribution in [0.5, 0.6) is 0 Å². The number of amides is 3. The number of thiol groups is 1. The van der Waals surface area contributed by atoms with Gasteiger partial charge in [0.2, 0.25) is 11.8 Å². The lowest BCUT2D eigenvalue weighted by Gasteiger charge is -2.43. The number of nitrogens with zero attached hydrogens (tertiary/aromatic N) is 1. The molecule has 0 saturated heterocycles. The molecular weight excluding hydrogens is 450 g/mol. The van der Waals surface area contributed by atoms with Gasteiger partial charge in [-0.2, -0.15) is 12.6 Å². The number of rotatable bonds is 10. The van der Waals surface area contributed by atoms with Crippen molar-refractivity contribution in [1.29, 1.82) is 0 Å². The van der Waals surface area contributed by atoms with Gasteiger partial charge in [0.25, 0.3) is 0 Å². The van der Waals surface area contributed by atoms with Crippen molar-refractivity contribution in [3.8, 4) is 0 Å². The third kappa shape index (κ3) is 7.93. The van der Waals surface area contributed by atoms with Gasteiger partial charge in [-0.05, 0) is 65.9 Å². The van der Waals surface area contributed by atoms with Gasteiger partial charge in [0.05, 0.1) is 0 Å². The molecule has 2 rings (SSSR count). The minimum atomic E-state index is -0.907. The molecule has 3 amide bonds. The van der Waals surface area contributed by atoms with Crippen LogP contribution in [0.15, 0.2) is 18.2 Å². The van der Waals surface area contributed by atoms with Crippen LogP contribution < -0.4 is 10.6 Å². The van der Waals surface area contributed by atoms with Crippen molar-refractivity contribution >= 4 is 30.5 Å². The summed E-state index contributed by atoms with van der Waals surface area (Å²) in [4.78, 5) is 41.5. The number of hydrogen-bond acceptors (Lipinski definition) is 5. The molecule has 1 saturated carbocycles. The Kier molecular flexibility index (Phi) is 10.3. The number of aryl methyl sites for hydroxylation is 2. The van der Waals surface area contributed by atoms with Crippen LogP contribution in [0.4, 0.5) is 4.79 Å². The molecule has 0 aliphatic heterocycles. The molecule has 34 heavy (non-hydrogen) atoms. The van der Waals surface area contributed by atoms with E-state index in [0.717, 1.165) is 48.8 Å². The molecule has 0 radical (unpaired) electrons. The first kappa shape index (κ1) is 28.0. The summed E-state index contributed by atoms with van der Waals surface area (Å²) in [5.74, 6) is -0.424. The second-order valence-corrected chi connectivity index (χ2v) is 10.5. The summed E-state index contributed by atoms with van der Waals surface area (Å²) in [6, 6.07) is 4.22. The van der Waals surface area contributed by atoms with Crippen molar-refractivity contribution < 1.29 is 19.1 Å². The highest BCUT2D eigenvalue weighted by molar-refractivity contribution is 7.80. The lowest BCUT2D eigenvalue weighted by atomic mass is 9.87. The van der Waals surface area contributed by atoms with Crippen LogP contribution in [0.1, 0.15) is 82.5 Å². The van der Waals surface area contributed by atoms with Crippen LogP contribution in [0.3, 0.4) is 0 Å². The number of ether oxygens (including phenoxy) is 1. The van der Waals surface area contributed by atoms with E-state index in [2.05, 4.69) is 30.2 Å². The molecule has 0 bridgehead atoms. The van der Waals surface area contributed by atoms with E-state index < -0.39 is 23.8 Å². The van der Waals surface area contributed by atoms with Gasteiger partial charge >= 0.3 is 6.09 Å². The largest absolute Gasteiger partial charge is 0.444 e. The molecule has 1 aliphatic carbocycles. The molecule has 1 aliphatic rings. The first-order valence-corrected chi connectivity index (χ1v) is 12.9. The second-order valence-electron chi connectivity index (χ2n) is 10.2. The Bertz CT molecular complexity index is 844. The summed E-state index contributed by atoms with van der Waals surface area (Å²) < 4.78 is 5.36. The Balaban J connectivity index is 2.42. The SMILES string of the molecule is CCCCNC(=O)C(c1cc(C)cc(C)c1)N(C(=O)C(CS)NC(=O)OC(C)(C)C)C1CCC1. The van der Waals surface area contributed by atoms with Gasteiger partial charge in [0, 0.05) is 18.3 Å². The molecule has 2 atom stereocenters. The van der Waals surface area contributed by atoms with Gasteiger partial charge in [-0.3, -0.25) is 9.59 Å². The Morgan fingerprint density at radius 1 is 1.15 bits per heavy atom. The zero-order valence-corrected chi connectivity index (χ0v) is 22.3. The van der Waals surface area contributed by atoms with Gasteiger partial charge in [0.1, 0.15) is 17.7 Å². The Morgan fingerprint density at radius 2 is 1.76 bits per heavy atom. The molecule has 1 aromatic rings. The van der Waals surface area contributed by atoms with E-state index in [-0.39, 0.29) is 23.6 Å². The Hall–Kier alpha value is -2.22. The molecule has 0 aromatic heterocycles. The minimum Gasteiger partial charge on any atom is -0.444 e. The number of nitrogens with one attached hydrogen (secondary N) is 2. The molecule has 0 spiro atoms. The van der Waals surface area contributed by atoms with Crippen molar-refractivity contribution in [3.63, 3.8) is 0 Å². The van der Waals surface area contributed by atoms with E-state index in [1.165, 1.54) is 0 Å². The monoisotopic (exact) mass is 491 g/mol. The number of hydrogen-bond donors (Lipinski definition) is 3. The highest BCUT2D eigenvalue weighted by Gasteiger charge is 2.41. The summed E-state index contributed by atoms with van der Waals surface area (Å²) >= 11 is 4.34. The van der Waals surface area contributed by atoms with E-state index in [0.29, 0.717) is 6.54 Å². The normalized spacial score (nSPS) is 15.6. The highest BCUT2D eigenvalue weighted by Crippen LogP contribution is 2.34. The van der Waals surface area contributed by atoms with Crippen LogP contribution >= 0.6 is 12.6 Å². The van der Waals surface area contributed by atoms with Crippen molar-refractivity contribution in [1.82, 2.24) is 15.5 Å². The fourth-order valence-electron chi connectivity index (χ4n) is 4.09. The molecule has 8 heteroatoms. The van der Waals surface area contributed by atoms with E-state index in [1.807, 2.05) is 32.0 Å². The van der Waals surface area contributed by atoms with Crippen molar-refractivity contribution in [2.75, 3.05) is 12.3 Å². The van der Waals surface area contributed by atoms with E-state index in [1.54, 1.807) is 25.7 Å². The fraction of sp³-hybridized carbons (Fsp3) is 0.654.